The second-order valence-electron chi connectivity index (χ2n) is 6.39. The molecule has 3 atom stereocenters. The van der Waals surface area contributed by atoms with Crippen LogP contribution in [0.4, 0.5) is 0 Å². The zero-order valence-electron chi connectivity index (χ0n) is 15.3. The summed E-state index contributed by atoms with van der Waals surface area (Å²) in [6, 6.07) is 0. The topological polar surface area (TPSA) is 87.0 Å². The maximum absolute atomic E-state index is 10.9. The number of unbranched alkanes of at least 4 members (excludes halogenated alkanes) is 6. The molecule has 0 saturated carbocycles. The minimum atomic E-state index is -0.926. The molecule has 0 aliphatic heterocycles. The largest absolute Gasteiger partial charge is 0.469 e. The van der Waals surface area contributed by atoms with Gasteiger partial charge in [-0.3, -0.25) is 4.79 Å². The van der Waals surface area contributed by atoms with Gasteiger partial charge in [-0.2, -0.15) is 0 Å². The molecule has 0 heterocycles. The molecule has 5 nitrogen and oxygen atoms in total. The molecule has 3 N–H and O–H groups in total. The molecule has 0 aromatic heterocycles. The Morgan fingerprint density at radius 3 is 2.21 bits per heavy atom. The summed E-state index contributed by atoms with van der Waals surface area (Å²) in [6.07, 6.45) is 10.3. The maximum Gasteiger partial charge on any atom is 0.305 e. The number of hydrogen-bond acceptors (Lipinski definition) is 5. The van der Waals surface area contributed by atoms with Gasteiger partial charge < -0.3 is 20.1 Å². The van der Waals surface area contributed by atoms with Gasteiger partial charge in [0.1, 0.15) is 0 Å². The summed E-state index contributed by atoms with van der Waals surface area (Å²) in [5, 5.41) is 29.5. The Morgan fingerprint density at radius 2 is 1.54 bits per heavy atom. The highest BCUT2D eigenvalue weighted by molar-refractivity contribution is 5.68. The standard InChI is InChI=1S/C19H36O5/c1-3-4-8-11-16(20)14-15-18(22)17(21)12-9-6-5-7-10-13-19(23)24-2/h14-18,20-22H,3-13H2,1-2H3. The number of rotatable bonds is 15. The van der Waals surface area contributed by atoms with Gasteiger partial charge in [0.25, 0.3) is 0 Å². The summed E-state index contributed by atoms with van der Waals surface area (Å²) < 4.78 is 4.58. The van der Waals surface area contributed by atoms with Gasteiger partial charge in [0.05, 0.1) is 25.4 Å². The Kier molecular flexibility index (Phi) is 15.0. The fraction of sp³-hybridized carbons (Fsp3) is 0.842. The number of carbonyl (C=O) groups is 1. The van der Waals surface area contributed by atoms with E-state index in [4.69, 9.17) is 0 Å². The first kappa shape index (κ1) is 23.1. The Labute approximate surface area is 146 Å². The third-order valence-corrected chi connectivity index (χ3v) is 4.14. The molecule has 5 heteroatoms. The number of carbonyl (C=O) groups excluding carboxylic acids is 1. The van der Waals surface area contributed by atoms with Gasteiger partial charge in [-0.15, -0.1) is 0 Å². The van der Waals surface area contributed by atoms with Gasteiger partial charge in [-0.25, -0.2) is 0 Å². The zero-order valence-corrected chi connectivity index (χ0v) is 15.3. The molecule has 24 heavy (non-hydrogen) atoms. The highest BCUT2D eigenvalue weighted by Crippen LogP contribution is 2.12. The van der Waals surface area contributed by atoms with E-state index in [9.17, 15) is 20.1 Å². The van der Waals surface area contributed by atoms with Crippen molar-refractivity contribution in [3.63, 3.8) is 0 Å². The summed E-state index contributed by atoms with van der Waals surface area (Å²) in [5.74, 6) is -0.169. The number of hydrogen-bond donors (Lipinski definition) is 3. The molecule has 0 amide bonds. The van der Waals surface area contributed by atoms with Crippen LogP contribution in [0, 0.1) is 0 Å². The van der Waals surface area contributed by atoms with Gasteiger partial charge in [-0.05, 0) is 19.3 Å². The minimum Gasteiger partial charge on any atom is -0.469 e. The SMILES string of the molecule is CCCCCC(O)C=CC(O)C(O)CCCCCCCC(=O)OC. The third-order valence-electron chi connectivity index (χ3n) is 4.14. The summed E-state index contributed by atoms with van der Waals surface area (Å²) in [7, 11) is 1.40. The highest BCUT2D eigenvalue weighted by Gasteiger charge is 2.13. The van der Waals surface area contributed by atoms with Crippen molar-refractivity contribution < 1.29 is 24.9 Å². The molecule has 0 spiro atoms. The van der Waals surface area contributed by atoms with Crippen LogP contribution in [-0.4, -0.2) is 46.7 Å². The van der Waals surface area contributed by atoms with Crippen molar-refractivity contribution in [2.75, 3.05) is 7.11 Å². The van der Waals surface area contributed by atoms with E-state index in [1.165, 1.54) is 13.2 Å². The van der Waals surface area contributed by atoms with E-state index in [1.807, 2.05) is 0 Å². The van der Waals surface area contributed by atoms with Crippen LogP contribution in [0.15, 0.2) is 12.2 Å². The summed E-state index contributed by atoms with van der Waals surface area (Å²) in [5.41, 5.74) is 0. The molecule has 0 radical (unpaired) electrons. The van der Waals surface area contributed by atoms with E-state index in [1.54, 1.807) is 6.08 Å². The zero-order chi connectivity index (χ0) is 18.2. The first-order valence-electron chi connectivity index (χ1n) is 9.30. The Bertz CT molecular complexity index is 330. The second-order valence-corrected chi connectivity index (χ2v) is 6.39. The van der Waals surface area contributed by atoms with E-state index in [2.05, 4.69) is 11.7 Å². The van der Waals surface area contributed by atoms with Crippen LogP contribution in [0.3, 0.4) is 0 Å². The van der Waals surface area contributed by atoms with Gasteiger partial charge in [-0.1, -0.05) is 64.0 Å². The van der Waals surface area contributed by atoms with Crippen molar-refractivity contribution in [2.24, 2.45) is 0 Å². The lowest BCUT2D eigenvalue weighted by Crippen LogP contribution is -2.24. The number of aliphatic hydroxyl groups is 3. The molecule has 0 saturated heterocycles. The quantitative estimate of drug-likeness (QED) is 0.241. The van der Waals surface area contributed by atoms with Crippen molar-refractivity contribution in [2.45, 2.75) is 95.9 Å². The van der Waals surface area contributed by atoms with Crippen molar-refractivity contribution in [1.29, 1.82) is 0 Å². The molecule has 3 unspecified atom stereocenters. The van der Waals surface area contributed by atoms with E-state index < -0.39 is 18.3 Å². The molecule has 0 aromatic carbocycles. The molecular formula is C19H36O5. The molecule has 0 bridgehead atoms. The van der Waals surface area contributed by atoms with Crippen LogP contribution in [0.5, 0.6) is 0 Å². The fourth-order valence-corrected chi connectivity index (χ4v) is 2.50. The Balaban J connectivity index is 3.67. The van der Waals surface area contributed by atoms with Crippen LogP contribution in [0.25, 0.3) is 0 Å². The smallest absolute Gasteiger partial charge is 0.305 e. The van der Waals surface area contributed by atoms with Crippen LogP contribution in [-0.2, 0) is 9.53 Å². The van der Waals surface area contributed by atoms with Crippen LogP contribution < -0.4 is 0 Å². The van der Waals surface area contributed by atoms with Crippen LogP contribution >= 0.6 is 0 Å². The first-order valence-corrected chi connectivity index (χ1v) is 9.30. The first-order chi connectivity index (χ1) is 11.5. The minimum absolute atomic E-state index is 0.169. The van der Waals surface area contributed by atoms with Crippen molar-refractivity contribution in [1.82, 2.24) is 0 Å². The van der Waals surface area contributed by atoms with Gasteiger partial charge >= 0.3 is 5.97 Å². The fourth-order valence-electron chi connectivity index (χ4n) is 2.50. The molecule has 0 aliphatic rings. The van der Waals surface area contributed by atoms with Crippen molar-refractivity contribution in [3.05, 3.63) is 12.2 Å². The number of esters is 1. The van der Waals surface area contributed by atoms with Crippen molar-refractivity contribution >= 4 is 5.97 Å². The summed E-state index contributed by atoms with van der Waals surface area (Å²) in [6.45, 7) is 2.11. The van der Waals surface area contributed by atoms with Crippen LogP contribution in [0.1, 0.15) is 77.6 Å². The molecule has 0 fully saturated rings. The van der Waals surface area contributed by atoms with E-state index in [0.717, 1.165) is 51.4 Å². The maximum atomic E-state index is 10.9. The number of methoxy groups -OCH3 is 1. The average Bonchev–Trinajstić information content (AvgIpc) is 2.58. The molecule has 142 valence electrons. The molecule has 0 aliphatic carbocycles. The predicted octanol–water partition coefficient (Wildman–Crippen LogP) is 3.11. The monoisotopic (exact) mass is 344 g/mol. The van der Waals surface area contributed by atoms with Crippen molar-refractivity contribution in [3.8, 4) is 0 Å². The van der Waals surface area contributed by atoms with Gasteiger partial charge in [0.15, 0.2) is 0 Å². The molecular weight excluding hydrogens is 308 g/mol. The summed E-state index contributed by atoms with van der Waals surface area (Å²) >= 11 is 0. The van der Waals surface area contributed by atoms with E-state index >= 15 is 0 Å². The molecule has 0 rings (SSSR count). The lowest BCUT2D eigenvalue weighted by molar-refractivity contribution is -0.140. The van der Waals surface area contributed by atoms with E-state index in [-0.39, 0.29) is 5.97 Å². The lowest BCUT2D eigenvalue weighted by atomic mass is 10.0. The highest BCUT2D eigenvalue weighted by atomic mass is 16.5. The van der Waals surface area contributed by atoms with E-state index in [0.29, 0.717) is 19.3 Å². The third kappa shape index (κ3) is 13.5. The lowest BCUT2D eigenvalue weighted by Gasteiger charge is -2.15. The second kappa shape index (κ2) is 15.6. The molecule has 0 aromatic rings. The Morgan fingerprint density at radius 1 is 0.917 bits per heavy atom. The normalized spacial score (nSPS) is 15.4. The van der Waals surface area contributed by atoms with Crippen LogP contribution in [0.2, 0.25) is 0 Å². The average molecular weight is 344 g/mol. The van der Waals surface area contributed by atoms with Gasteiger partial charge in [0.2, 0.25) is 0 Å². The number of aliphatic hydroxyl groups excluding tert-OH is 3. The summed E-state index contributed by atoms with van der Waals surface area (Å²) in [4.78, 5) is 10.9. The predicted molar refractivity (Wildman–Crippen MR) is 95.6 cm³/mol. The Hall–Kier alpha value is -0.910. The number of ether oxygens (including phenoxy) is 1. The van der Waals surface area contributed by atoms with Gasteiger partial charge in [0, 0.05) is 6.42 Å².